The maximum Gasteiger partial charge on any atom is 0.328 e. The molecule has 18 heavy (non-hydrogen) atoms. The molecule has 5 nitrogen and oxygen atoms in total. The number of halogens is 1. The predicted octanol–water partition coefficient (Wildman–Crippen LogP) is 0.623. The zero-order chi connectivity index (χ0) is 12.4. The molecule has 0 aromatic rings. The van der Waals surface area contributed by atoms with Crippen LogP contribution in [0.25, 0.3) is 0 Å². The number of nitrogens with one attached hydrogen (secondary N) is 1. The van der Waals surface area contributed by atoms with Gasteiger partial charge in [0.2, 0.25) is 5.91 Å². The fourth-order valence-corrected chi connectivity index (χ4v) is 3.35. The van der Waals surface area contributed by atoms with Crippen LogP contribution >= 0.6 is 24.2 Å². The largest absolute Gasteiger partial charge is 0.467 e. The van der Waals surface area contributed by atoms with Gasteiger partial charge >= 0.3 is 5.97 Å². The lowest BCUT2D eigenvalue weighted by Gasteiger charge is -2.25. The lowest BCUT2D eigenvalue weighted by Crippen LogP contribution is -2.50. The summed E-state index contributed by atoms with van der Waals surface area (Å²) in [5.41, 5.74) is 0. The molecule has 0 spiro atoms. The van der Waals surface area contributed by atoms with Gasteiger partial charge in [0.25, 0.3) is 0 Å². The quantitative estimate of drug-likeness (QED) is 0.757. The van der Waals surface area contributed by atoms with Crippen molar-refractivity contribution in [3.8, 4) is 0 Å². The van der Waals surface area contributed by atoms with Crippen molar-refractivity contribution in [2.24, 2.45) is 0 Å². The molecule has 2 unspecified atom stereocenters. The second-order valence-electron chi connectivity index (χ2n) is 4.41. The summed E-state index contributed by atoms with van der Waals surface area (Å²) < 4.78 is 4.74. The maximum atomic E-state index is 12.3. The molecule has 0 aromatic heterocycles. The van der Waals surface area contributed by atoms with Crippen molar-refractivity contribution in [2.45, 2.75) is 37.2 Å². The number of ether oxygens (including phenoxy) is 1. The first-order valence-electron chi connectivity index (χ1n) is 5.89. The molecule has 2 saturated heterocycles. The van der Waals surface area contributed by atoms with Gasteiger partial charge in [-0.25, -0.2) is 4.79 Å². The van der Waals surface area contributed by atoms with Crippen molar-refractivity contribution < 1.29 is 14.3 Å². The number of rotatable bonds is 2. The molecule has 1 amide bonds. The molecule has 0 radical (unpaired) electrons. The summed E-state index contributed by atoms with van der Waals surface area (Å²) in [6.45, 7) is 2.70. The summed E-state index contributed by atoms with van der Waals surface area (Å²) in [4.78, 5) is 25.5. The second-order valence-corrected chi connectivity index (χ2v) is 5.78. The highest BCUT2D eigenvalue weighted by Gasteiger charge is 2.39. The Morgan fingerprint density at radius 3 is 2.72 bits per heavy atom. The van der Waals surface area contributed by atoms with Crippen molar-refractivity contribution in [3.63, 3.8) is 0 Å². The topological polar surface area (TPSA) is 58.6 Å². The van der Waals surface area contributed by atoms with Crippen LogP contribution in [0.15, 0.2) is 0 Å². The van der Waals surface area contributed by atoms with E-state index in [1.807, 2.05) is 6.92 Å². The van der Waals surface area contributed by atoms with Crippen LogP contribution in [-0.2, 0) is 14.3 Å². The molecule has 0 aromatic carbocycles. The van der Waals surface area contributed by atoms with E-state index >= 15 is 0 Å². The first kappa shape index (κ1) is 15.6. The fraction of sp³-hybridized carbons (Fsp3) is 0.818. The van der Waals surface area contributed by atoms with E-state index in [0.717, 1.165) is 12.2 Å². The van der Waals surface area contributed by atoms with Crippen molar-refractivity contribution >= 4 is 36.0 Å². The lowest BCUT2D eigenvalue weighted by molar-refractivity contribution is -0.151. The van der Waals surface area contributed by atoms with Gasteiger partial charge in [-0.1, -0.05) is 0 Å². The molecule has 2 rings (SSSR count). The average Bonchev–Trinajstić information content (AvgIpc) is 2.95. The number of carbonyl (C=O) groups excluding carboxylic acids is 2. The third-order valence-electron chi connectivity index (χ3n) is 3.26. The van der Waals surface area contributed by atoms with Crippen LogP contribution in [0.5, 0.6) is 0 Å². The third kappa shape index (κ3) is 3.10. The Labute approximate surface area is 117 Å². The summed E-state index contributed by atoms with van der Waals surface area (Å²) >= 11 is 1.73. The zero-order valence-electron chi connectivity index (χ0n) is 10.5. The van der Waals surface area contributed by atoms with Crippen molar-refractivity contribution in [1.82, 2.24) is 10.2 Å². The minimum Gasteiger partial charge on any atom is -0.467 e. The van der Waals surface area contributed by atoms with E-state index in [2.05, 4.69) is 5.32 Å². The van der Waals surface area contributed by atoms with Crippen LogP contribution < -0.4 is 5.32 Å². The van der Waals surface area contributed by atoms with Crippen LogP contribution in [0.3, 0.4) is 0 Å². The highest BCUT2D eigenvalue weighted by Crippen LogP contribution is 2.24. The third-order valence-corrected chi connectivity index (χ3v) is 4.42. The maximum absolute atomic E-state index is 12.3. The molecule has 7 heteroatoms. The number of likely N-dealkylation sites (tertiary alicyclic amines) is 1. The van der Waals surface area contributed by atoms with Gasteiger partial charge in [0.05, 0.1) is 18.5 Å². The Balaban J connectivity index is 0.00000162. The average molecular weight is 295 g/mol. The summed E-state index contributed by atoms with van der Waals surface area (Å²) in [6.07, 6.45) is 1.59. The van der Waals surface area contributed by atoms with E-state index in [4.69, 9.17) is 4.74 Å². The summed E-state index contributed by atoms with van der Waals surface area (Å²) in [7, 11) is 1.37. The Hall–Kier alpha value is -0.460. The first-order valence-corrected chi connectivity index (χ1v) is 6.94. The molecule has 2 fully saturated rings. The van der Waals surface area contributed by atoms with Gasteiger partial charge in [-0.2, -0.15) is 0 Å². The van der Waals surface area contributed by atoms with E-state index in [1.54, 1.807) is 16.7 Å². The Morgan fingerprint density at radius 1 is 1.44 bits per heavy atom. The molecule has 3 atom stereocenters. The second kappa shape index (κ2) is 6.63. The normalized spacial score (nSPS) is 31.0. The van der Waals surface area contributed by atoms with Gasteiger partial charge in [0.1, 0.15) is 6.04 Å². The van der Waals surface area contributed by atoms with Crippen molar-refractivity contribution in [1.29, 1.82) is 0 Å². The molecule has 0 saturated carbocycles. The van der Waals surface area contributed by atoms with Gasteiger partial charge in [-0.05, 0) is 19.8 Å². The van der Waals surface area contributed by atoms with Crippen molar-refractivity contribution in [3.05, 3.63) is 0 Å². The number of methoxy groups -OCH3 is 1. The van der Waals surface area contributed by atoms with Crippen LogP contribution in [-0.4, -0.2) is 53.6 Å². The number of esters is 1. The molecule has 0 aliphatic carbocycles. The van der Waals surface area contributed by atoms with Crippen LogP contribution in [0.4, 0.5) is 0 Å². The number of nitrogens with zero attached hydrogens (tertiary/aromatic N) is 1. The number of hydrogen-bond donors (Lipinski definition) is 1. The van der Waals surface area contributed by atoms with Gasteiger partial charge in [-0.15, -0.1) is 24.2 Å². The van der Waals surface area contributed by atoms with E-state index in [-0.39, 0.29) is 36.4 Å². The van der Waals surface area contributed by atoms with Crippen LogP contribution in [0, 0.1) is 0 Å². The minimum absolute atomic E-state index is 0. The van der Waals surface area contributed by atoms with Gasteiger partial charge < -0.3 is 9.64 Å². The van der Waals surface area contributed by atoms with E-state index in [9.17, 15) is 9.59 Å². The fourth-order valence-electron chi connectivity index (χ4n) is 2.37. The zero-order valence-corrected chi connectivity index (χ0v) is 12.2. The molecule has 0 bridgehead atoms. The summed E-state index contributed by atoms with van der Waals surface area (Å²) in [5, 5.41) is 3.54. The molecule has 2 aliphatic rings. The molecular formula is C11H19ClN2O3S. The van der Waals surface area contributed by atoms with Gasteiger partial charge in [-0.3, -0.25) is 10.1 Å². The standard InChI is InChI=1S/C11H18N2O3S.ClH/c1-7-12-8(6-17-7)10(14)13-5-3-4-9(13)11(15)16-2;/h7-9,12H,3-6H2,1-2H3;1H/t7?,8?,9-;/m0./s1. The van der Waals surface area contributed by atoms with Gasteiger partial charge in [0.15, 0.2) is 0 Å². The monoisotopic (exact) mass is 294 g/mol. The SMILES string of the molecule is COC(=O)[C@@H]1CCCN1C(=O)C1CSC(C)N1.Cl. The van der Waals surface area contributed by atoms with E-state index < -0.39 is 0 Å². The Bertz CT molecular complexity index is 329. The lowest BCUT2D eigenvalue weighted by atomic mass is 10.2. The van der Waals surface area contributed by atoms with Crippen LogP contribution in [0.2, 0.25) is 0 Å². The van der Waals surface area contributed by atoms with E-state index in [1.165, 1.54) is 7.11 Å². The van der Waals surface area contributed by atoms with Crippen molar-refractivity contribution in [2.75, 3.05) is 19.4 Å². The molecule has 2 heterocycles. The summed E-state index contributed by atoms with van der Waals surface area (Å²) in [6, 6.07) is -0.532. The van der Waals surface area contributed by atoms with E-state index in [0.29, 0.717) is 18.3 Å². The predicted molar refractivity (Wildman–Crippen MR) is 72.8 cm³/mol. The molecular weight excluding hydrogens is 276 g/mol. The highest BCUT2D eigenvalue weighted by molar-refractivity contribution is 8.00. The first-order chi connectivity index (χ1) is 8.13. The molecule has 2 aliphatic heterocycles. The number of hydrogen-bond acceptors (Lipinski definition) is 5. The number of thioether (sulfide) groups is 1. The Kier molecular flexibility index (Phi) is 5.75. The molecule has 1 N–H and O–H groups in total. The smallest absolute Gasteiger partial charge is 0.328 e. The van der Waals surface area contributed by atoms with Crippen LogP contribution in [0.1, 0.15) is 19.8 Å². The Morgan fingerprint density at radius 2 is 2.17 bits per heavy atom. The highest BCUT2D eigenvalue weighted by atomic mass is 35.5. The number of amides is 1. The summed E-state index contributed by atoms with van der Waals surface area (Å²) in [5.74, 6) is 0.522. The minimum atomic E-state index is -0.379. The van der Waals surface area contributed by atoms with Gasteiger partial charge in [0, 0.05) is 12.3 Å². The molecule has 104 valence electrons. The number of carbonyl (C=O) groups is 2.